The first-order valence-corrected chi connectivity index (χ1v) is 6.91. The zero-order valence-corrected chi connectivity index (χ0v) is 12.8. The third-order valence-corrected chi connectivity index (χ3v) is 2.95. The number of carbonyl (C=O) groups excluding carboxylic acids is 1. The first-order valence-electron chi connectivity index (χ1n) is 6.53. The Balaban J connectivity index is 2.85. The van der Waals surface area contributed by atoms with Gasteiger partial charge >= 0.3 is 0 Å². The Morgan fingerprint density at radius 3 is 2.75 bits per heavy atom. The fraction of sp³-hybridized carbons (Fsp3) is 0.500. The summed E-state index contributed by atoms with van der Waals surface area (Å²) in [6, 6.07) is 3.22. The number of hydrogen-bond donors (Lipinski definition) is 2. The molecule has 0 radical (unpaired) electrons. The molecule has 1 atom stereocenters. The first-order chi connectivity index (χ1) is 9.49. The number of ether oxygens (including phenoxy) is 2. The van der Waals surface area contributed by atoms with E-state index in [1.807, 2.05) is 13.8 Å². The largest absolute Gasteiger partial charge is 0.493 e. The third kappa shape index (κ3) is 4.58. The van der Waals surface area contributed by atoms with E-state index in [0.717, 1.165) is 0 Å². The summed E-state index contributed by atoms with van der Waals surface area (Å²) < 4.78 is 10.6. The van der Waals surface area contributed by atoms with Crippen LogP contribution >= 0.6 is 11.6 Å². The Hall–Kier alpha value is -1.46. The van der Waals surface area contributed by atoms with Crippen LogP contribution in [0.3, 0.4) is 0 Å². The van der Waals surface area contributed by atoms with Gasteiger partial charge in [0.25, 0.3) is 5.91 Å². The number of nitrogens with one attached hydrogen (secondary N) is 1. The molecule has 0 aliphatic heterocycles. The number of hydrogen-bond acceptors (Lipinski definition) is 4. The lowest BCUT2D eigenvalue weighted by atomic mass is 10.1. The molecule has 0 saturated carbocycles. The lowest BCUT2D eigenvalue weighted by Crippen LogP contribution is -2.29. The fourth-order valence-corrected chi connectivity index (χ4v) is 1.92. The van der Waals surface area contributed by atoms with Gasteiger partial charge in [-0.3, -0.25) is 4.79 Å². The summed E-state index contributed by atoms with van der Waals surface area (Å²) in [4.78, 5) is 12.0. The molecule has 1 amide bonds. The zero-order chi connectivity index (χ0) is 15.1. The minimum Gasteiger partial charge on any atom is -0.493 e. The number of halogens is 1. The van der Waals surface area contributed by atoms with E-state index >= 15 is 0 Å². The van der Waals surface area contributed by atoms with E-state index in [1.165, 1.54) is 7.11 Å². The van der Waals surface area contributed by atoms with Crippen molar-refractivity contribution in [2.24, 2.45) is 5.73 Å². The molecule has 0 aliphatic carbocycles. The summed E-state index contributed by atoms with van der Waals surface area (Å²) in [5, 5.41) is 3.14. The second kappa shape index (κ2) is 7.97. The molecule has 0 spiro atoms. The van der Waals surface area contributed by atoms with Gasteiger partial charge in [-0.2, -0.15) is 0 Å². The van der Waals surface area contributed by atoms with Crippen LogP contribution in [0.5, 0.6) is 11.5 Å². The molecule has 0 heterocycles. The van der Waals surface area contributed by atoms with Crippen LogP contribution in [0.2, 0.25) is 5.02 Å². The van der Waals surface area contributed by atoms with Gasteiger partial charge in [0.15, 0.2) is 11.5 Å². The van der Waals surface area contributed by atoms with E-state index in [0.29, 0.717) is 41.7 Å². The van der Waals surface area contributed by atoms with Crippen molar-refractivity contribution >= 4 is 17.5 Å². The molecule has 0 fully saturated rings. The Morgan fingerprint density at radius 1 is 1.50 bits per heavy atom. The Labute approximate surface area is 124 Å². The molecular formula is C14H21ClN2O3. The Morgan fingerprint density at radius 2 is 2.20 bits per heavy atom. The maximum atomic E-state index is 12.0. The molecule has 0 aliphatic rings. The van der Waals surface area contributed by atoms with Crippen molar-refractivity contribution < 1.29 is 14.3 Å². The van der Waals surface area contributed by atoms with E-state index in [-0.39, 0.29) is 11.9 Å². The lowest BCUT2D eigenvalue weighted by Gasteiger charge is -2.13. The molecule has 3 N–H and O–H groups in total. The van der Waals surface area contributed by atoms with E-state index in [1.54, 1.807) is 12.1 Å². The van der Waals surface area contributed by atoms with Gasteiger partial charge in [0.2, 0.25) is 0 Å². The molecule has 1 unspecified atom stereocenters. The molecule has 0 aromatic heterocycles. The van der Waals surface area contributed by atoms with Gasteiger partial charge in [-0.15, -0.1) is 0 Å². The van der Waals surface area contributed by atoms with Gasteiger partial charge in [0.05, 0.1) is 18.7 Å². The topological polar surface area (TPSA) is 73.6 Å². The third-order valence-electron chi connectivity index (χ3n) is 2.67. The lowest BCUT2D eigenvalue weighted by molar-refractivity contribution is 0.0952. The zero-order valence-electron chi connectivity index (χ0n) is 12.0. The van der Waals surface area contributed by atoms with Gasteiger partial charge < -0.3 is 20.5 Å². The van der Waals surface area contributed by atoms with Crippen LogP contribution in [0.25, 0.3) is 0 Å². The normalized spacial score (nSPS) is 11.8. The van der Waals surface area contributed by atoms with Gasteiger partial charge in [0, 0.05) is 18.2 Å². The fourth-order valence-electron chi connectivity index (χ4n) is 1.65. The molecule has 1 rings (SSSR count). The van der Waals surface area contributed by atoms with Crippen LogP contribution in [0.1, 0.15) is 30.6 Å². The second-order valence-electron chi connectivity index (χ2n) is 4.44. The van der Waals surface area contributed by atoms with Gasteiger partial charge in [-0.05, 0) is 32.4 Å². The van der Waals surface area contributed by atoms with E-state index in [4.69, 9.17) is 26.8 Å². The smallest absolute Gasteiger partial charge is 0.251 e. The number of amides is 1. The first kappa shape index (κ1) is 16.6. The molecule has 0 bridgehead atoms. The van der Waals surface area contributed by atoms with Crippen molar-refractivity contribution in [1.29, 1.82) is 0 Å². The number of methoxy groups -OCH3 is 1. The van der Waals surface area contributed by atoms with Crippen LogP contribution in [0.4, 0.5) is 0 Å². The summed E-state index contributed by atoms with van der Waals surface area (Å²) in [7, 11) is 1.51. The number of carbonyl (C=O) groups is 1. The van der Waals surface area contributed by atoms with Gasteiger partial charge in [-0.25, -0.2) is 0 Å². The highest BCUT2D eigenvalue weighted by molar-refractivity contribution is 6.32. The molecular weight excluding hydrogens is 280 g/mol. The summed E-state index contributed by atoms with van der Waals surface area (Å²) in [6.45, 7) is 4.73. The van der Waals surface area contributed by atoms with Crippen molar-refractivity contribution in [2.75, 3.05) is 20.3 Å². The molecule has 5 nitrogen and oxygen atoms in total. The average Bonchev–Trinajstić information content (AvgIpc) is 2.40. The molecule has 1 aromatic carbocycles. The second-order valence-corrected chi connectivity index (χ2v) is 4.85. The van der Waals surface area contributed by atoms with Crippen molar-refractivity contribution in [3.8, 4) is 11.5 Å². The van der Waals surface area contributed by atoms with E-state index in [2.05, 4.69) is 5.32 Å². The number of rotatable bonds is 7. The monoisotopic (exact) mass is 300 g/mol. The van der Waals surface area contributed by atoms with E-state index in [9.17, 15) is 4.79 Å². The van der Waals surface area contributed by atoms with Crippen LogP contribution < -0.4 is 20.5 Å². The van der Waals surface area contributed by atoms with Gasteiger partial charge in [-0.1, -0.05) is 11.6 Å². The highest BCUT2D eigenvalue weighted by atomic mass is 35.5. The van der Waals surface area contributed by atoms with Crippen molar-refractivity contribution in [2.45, 2.75) is 26.3 Å². The molecule has 6 heteroatoms. The highest BCUT2D eigenvalue weighted by Crippen LogP contribution is 2.36. The minimum atomic E-state index is -0.214. The predicted octanol–water partition coefficient (Wildman–Crippen LogP) is 2.21. The number of nitrogens with two attached hydrogens (primary N) is 1. The van der Waals surface area contributed by atoms with Crippen LogP contribution in [-0.2, 0) is 0 Å². The predicted molar refractivity (Wildman–Crippen MR) is 79.8 cm³/mol. The highest BCUT2D eigenvalue weighted by Gasteiger charge is 2.15. The van der Waals surface area contributed by atoms with Crippen molar-refractivity contribution in [3.63, 3.8) is 0 Å². The van der Waals surface area contributed by atoms with Gasteiger partial charge in [0.1, 0.15) is 0 Å². The maximum absolute atomic E-state index is 12.0. The Kier molecular flexibility index (Phi) is 6.61. The molecule has 1 aromatic rings. The Bertz CT molecular complexity index is 464. The van der Waals surface area contributed by atoms with Crippen molar-refractivity contribution in [3.05, 3.63) is 22.7 Å². The summed E-state index contributed by atoms with van der Waals surface area (Å²) >= 11 is 6.12. The quantitative estimate of drug-likeness (QED) is 0.810. The van der Waals surface area contributed by atoms with Crippen LogP contribution in [0, 0.1) is 0 Å². The molecule has 0 saturated heterocycles. The summed E-state index contributed by atoms with van der Waals surface area (Å²) in [5.74, 6) is 0.675. The minimum absolute atomic E-state index is 0.0498. The maximum Gasteiger partial charge on any atom is 0.251 e. The SMILES string of the molecule is CCOc1c(Cl)cc(C(=O)NCCC(C)N)cc1OC. The summed E-state index contributed by atoms with van der Waals surface area (Å²) in [5.41, 5.74) is 6.06. The van der Waals surface area contributed by atoms with Crippen LogP contribution in [-0.4, -0.2) is 32.2 Å². The van der Waals surface area contributed by atoms with Crippen molar-refractivity contribution in [1.82, 2.24) is 5.32 Å². The number of benzene rings is 1. The standard InChI is InChI=1S/C14H21ClN2O3/c1-4-20-13-11(15)7-10(8-12(13)19-3)14(18)17-6-5-9(2)16/h7-9H,4-6,16H2,1-3H3,(H,17,18). The average molecular weight is 301 g/mol. The molecule has 20 heavy (non-hydrogen) atoms. The summed E-state index contributed by atoms with van der Waals surface area (Å²) in [6.07, 6.45) is 0.716. The molecule has 112 valence electrons. The van der Waals surface area contributed by atoms with Crippen LogP contribution in [0.15, 0.2) is 12.1 Å². The van der Waals surface area contributed by atoms with E-state index < -0.39 is 0 Å².